The number of carboxylic acid groups (broad SMARTS) is 1. The van der Waals surface area contributed by atoms with E-state index < -0.39 is 27.9 Å². The fourth-order valence-electron chi connectivity index (χ4n) is 5.38. The van der Waals surface area contributed by atoms with E-state index in [1.807, 2.05) is 12.1 Å². The van der Waals surface area contributed by atoms with Crippen LogP contribution in [-0.4, -0.2) is 72.4 Å². The molecule has 2 aliphatic rings. The molecule has 13 heteroatoms. The van der Waals surface area contributed by atoms with Crippen molar-refractivity contribution in [3.8, 4) is 0 Å². The first kappa shape index (κ1) is 28.4. The highest BCUT2D eigenvalue weighted by Crippen LogP contribution is 2.35. The third-order valence-electron chi connectivity index (χ3n) is 7.51. The molecule has 1 fully saturated rings. The van der Waals surface area contributed by atoms with Gasteiger partial charge in [-0.25, -0.2) is 17.5 Å². The van der Waals surface area contributed by atoms with Gasteiger partial charge in [-0.05, 0) is 60.6 Å². The van der Waals surface area contributed by atoms with Crippen LogP contribution < -0.4 is 5.32 Å². The normalized spacial score (nSPS) is 18.5. The second-order valence-electron chi connectivity index (χ2n) is 10.2. The summed E-state index contributed by atoms with van der Waals surface area (Å²) in [4.78, 5) is 40.0. The Morgan fingerprint density at radius 2 is 1.95 bits per heavy atom. The van der Waals surface area contributed by atoms with Gasteiger partial charge < -0.3 is 19.7 Å². The average molecular weight is 609 g/mol. The number of fused-ring (bicyclic) bond motifs is 2. The highest BCUT2D eigenvalue weighted by molar-refractivity contribution is 7.88. The summed E-state index contributed by atoms with van der Waals surface area (Å²) < 4.78 is 30.3. The molecular weight excluding hydrogens is 581 g/mol. The van der Waals surface area contributed by atoms with Gasteiger partial charge in [0.1, 0.15) is 11.6 Å². The number of hydrogen-bond donors (Lipinski definition) is 2. The largest absolute Gasteiger partial charge is 0.480 e. The maximum atomic E-state index is 13.2. The predicted octanol–water partition coefficient (Wildman–Crippen LogP) is 3.79. The van der Waals surface area contributed by atoms with Gasteiger partial charge in [0.25, 0.3) is 11.8 Å². The van der Waals surface area contributed by atoms with Gasteiger partial charge in [0, 0.05) is 37.1 Å². The van der Waals surface area contributed by atoms with E-state index in [1.165, 1.54) is 4.31 Å². The van der Waals surface area contributed by atoms with Gasteiger partial charge in [-0.1, -0.05) is 29.3 Å². The molecule has 40 heavy (non-hydrogen) atoms. The number of benzene rings is 2. The lowest BCUT2D eigenvalue weighted by Gasteiger charge is -2.30. The second kappa shape index (κ2) is 11.0. The third-order valence-corrected chi connectivity index (χ3v) is 9.50. The van der Waals surface area contributed by atoms with Crippen LogP contribution in [0.5, 0.6) is 0 Å². The Morgan fingerprint density at radius 3 is 2.65 bits per heavy atom. The Hall–Kier alpha value is -3.12. The number of hydrogen-bond acceptors (Lipinski definition) is 6. The maximum absolute atomic E-state index is 13.2. The van der Waals surface area contributed by atoms with E-state index >= 15 is 0 Å². The maximum Gasteiger partial charge on any atom is 0.326 e. The number of carbonyl (C=O) groups is 3. The van der Waals surface area contributed by atoms with Crippen molar-refractivity contribution in [3.05, 3.63) is 68.9 Å². The van der Waals surface area contributed by atoms with Crippen LogP contribution >= 0.6 is 23.2 Å². The van der Waals surface area contributed by atoms with E-state index in [-0.39, 0.29) is 46.9 Å². The fraction of sp³-hybridized carbons (Fsp3) is 0.370. The molecule has 2 aromatic carbocycles. The molecule has 0 radical (unpaired) electrons. The van der Waals surface area contributed by atoms with E-state index in [2.05, 4.69) is 5.32 Å². The SMILES string of the molecule is CS(=O)(=O)N1CCC(C[C@H](NC(=O)c2c(Cl)cc3c(c2Cl)CCN(C(=O)c2ccc4ccoc4c2)C3)C(=O)O)C1. The Morgan fingerprint density at radius 1 is 1.18 bits per heavy atom. The summed E-state index contributed by atoms with van der Waals surface area (Å²) in [5.74, 6) is -2.36. The van der Waals surface area contributed by atoms with Crippen LogP contribution in [0.3, 0.4) is 0 Å². The van der Waals surface area contributed by atoms with Gasteiger partial charge in [0.2, 0.25) is 10.0 Å². The summed E-state index contributed by atoms with van der Waals surface area (Å²) in [6, 6.07) is 7.42. The molecule has 0 bridgehead atoms. The Kier molecular flexibility index (Phi) is 7.84. The van der Waals surface area contributed by atoms with E-state index in [0.29, 0.717) is 48.2 Å². The third kappa shape index (κ3) is 5.69. The zero-order valence-electron chi connectivity index (χ0n) is 21.5. The van der Waals surface area contributed by atoms with E-state index in [9.17, 15) is 27.9 Å². The van der Waals surface area contributed by atoms with Crippen molar-refractivity contribution in [1.29, 1.82) is 0 Å². The lowest BCUT2D eigenvalue weighted by atomic mass is 9.95. The lowest BCUT2D eigenvalue weighted by molar-refractivity contribution is -0.139. The first-order chi connectivity index (χ1) is 18.9. The van der Waals surface area contributed by atoms with Gasteiger partial charge in [-0.15, -0.1) is 0 Å². The molecule has 2 aliphatic heterocycles. The topological polar surface area (TPSA) is 137 Å². The fourth-order valence-corrected chi connectivity index (χ4v) is 7.06. The monoisotopic (exact) mass is 607 g/mol. The van der Waals surface area contributed by atoms with Crippen LogP contribution in [0, 0.1) is 5.92 Å². The number of carboxylic acids is 1. The smallest absolute Gasteiger partial charge is 0.326 e. The summed E-state index contributed by atoms with van der Waals surface area (Å²) in [6.07, 6.45) is 3.62. The molecule has 2 atom stereocenters. The number of amides is 2. The molecule has 1 aromatic heterocycles. The summed E-state index contributed by atoms with van der Waals surface area (Å²) in [7, 11) is -3.37. The van der Waals surface area contributed by atoms with Crippen molar-refractivity contribution in [2.45, 2.75) is 31.8 Å². The van der Waals surface area contributed by atoms with Crippen molar-refractivity contribution >= 4 is 62.0 Å². The van der Waals surface area contributed by atoms with E-state index in [1.54, 1.807) is 29.4 Å². The zero-order valence-corrected chi connectivity index (χ0v) is 23.9. The standard InChI is InChI=1S/C27H27Cl2N3O7S/c1-40(37,38)32-8-4-15(13-32)10-21(27(35)36)30-25(33)23-20(28)11-18-14-31(7-5-19(18)24(23)29)26(34)17-3-2-16-6-9-39-22(16)12-17/h2-3,6,9,11-12,15,21H,4-5,7-8,10,13-14H2,1H3,(H,30,33)(H,35,36)/t15?,21-/m0/s1. The number of aliphatic carboxylic acids is 1. The highest BCUT2D eigenvalue weighted by Gasteiger charge is 2.34. The number of furan rings is 1. The van der Waals surface area contributed by atoms with Crippen molar-refractivity contribution < 1.29 is 32.3 Å². The summed E-state index contributed by atoms with van der Waals surface area (Å²) >= 11 is 13.1. The van der Waals surface area contributed by atoms with Crippen molar-refractivity contribution in [3.63, 3.8) is 0 Å². The van der Waals surface area contributed by atoms with Gasteiger partial charge in [0.15, 0.2) is 0 Å². The molecular formula is C27H27Cl2N3O7S. The molecule has 1 unspecified atom stereocenters. The van der Waals surface area contributed by atoms with Crippen LogP contribution in [0.25, 0.3) is 11.0 Å². The molecule has 212 valence electrons. The number of nitrogens with one attached hydrogen (secondary N) is 1. The minimum absolute atomic E-state index is 0.0273. The van der Waals surface area contributed by atoms with Gasteiger partial charge in [0.05, 0.1) is 28.1 Å². The lowest BCUT2D eigenvalue weighted by Crippen LogP contribution is -2.43. The number of nitrogens with zero attached hydrogens (tertiary/aromatic N) is 2. The Labute approximate surface area is 240 Å². The first-order valence-electron chi connectivity index (χ1n) is 12.7. The van der Waals surface area contributed by atoms with Crippen molar-refractivity contribution in [2.24, 2.45) is 5.92 Å². The Bertz CT molecular complexity index is 1620. The molecule has 0 aliphatic carbocycles. The predicted molar refractivity (Wildman–Crippen MR) is 149 cm³/mol. The van der Waals surface area contributed by atoms with Gasteiger partial charge in [-0.3, -0.25) is 9.59 Å². The molecule has 1 saturated heterocycles. The molecule has 0 spiro atoms. The minimum Gasteiger partial charge on any atom is -0.480 e. The average Bonchev–Trinajstić information content (AvgIpc) is 3.56. The zero-order chi connectivity index (χ0) is 28.8. The molecule has 5 rings (SSSR count). The van der Waals surface area contributed by atoms with Crippen LogP contribution in [-0.2, 0) is 27.8 Å². The minimum atomic E-state index is -3.37. The van der Waals surface area contributed by atoms with Crippen LogP contribution in [0.4, 0.5) is 0 Å². The number of sulfonamides is 1. The summed E-state index contributed by atoms with van der Waals surface area (Å²) in [5, 5.41) is 13.3. The summed E-state index contributed by atoms with van der Waals surface area (Å²) in [5.41, 5.74) is 2.45. The molecule has 2 amide bonds. The van der Waals surface area contributed by atoms with Crippen LogP contribution in [0.2, 0.25) is 10.0 Å². The van der Waals surface area contributed by atoms with Gasteiger partial charge in [-0.2, -0.15) is 0 Å². The second-order valence-corrected chi connectivity index (χ2v) is 13.0. The van der Waals surface area contributed by atoms with E-state index in [4.69, 9.17) is 27.6 Å². The first-order valence-corrected chi connectivity index (χ1v) is 15.3. The molecule has 2 N–H and O–H groups in total. The number of halogens is 2. The molecule has 10 nitrogen and oxygen atoms in total. The van der Waals surface area contributed by atoms with Crippen molar-refractivity contribution in [1.82, 2.24) is 14.5 Å². The number of rotatable bonds is 7. The summed E-state index contributed by atoms with van der Waals surface area (Å²) in [6.45, 7) is 1.11. The van der Waals surface area contributed by atoms with E-state index in [0.717, 1.165) is 11.6 Å². The van der Waals surface area contributed by atoms with Crippen molar-refractivity contribution in [2.75, 3.05) is 25.9 Å². The Balaban J connectivity index is 1.30. The quantitative estimate of drug-likeness (QED) is 0.417. The highest BCUT2D eigenvalue weighted by atomic mass is 35.5. The van der Waals surface area contributed by atoms with Crippen LogP contribution in [0.1, 0.15) is 44.7 Å². The van der Waals surface area contributed by atoms with Crippen LogP contribution in [0.15, 0.2) is 41.0 Å². The molecule has 3 aromatic rings. The molecule has 3 heterocycles. The van der Waals surface area contributed by atoms with Gasteiger partial charge >= 0.3 is 5.97 Å². The number of carbonyl (C=O) groups excluding carboxylic acids is 2. The molecule has 0 saturated carbocycles.